The maximum Gasteiger partial charge on any atom is 0.338 e. The molecule has 0 amide bonds. The van der Waals surface area contributed by atoms with Gasteiger partial charge in [-0.1, -0.05) is 30.3 Å². The zero-order valence-electron chi connectivity index (χ0n) is 16.4. The molecule has 30 heavy (non-hydrogen) atoms. The highest BCUT2D eigenvalue weighted by Gasteiger charge is 2.13. The van der Waals surface area contributed by atoms with Gasteiger partial charge in [-0.25, -0.2) is 4.79 Å². The number of benzene rings is 3. The maximum atomic E-state index is 12.1. The van der Waals surface area contributed by atoms with Crippen molar-refractivity contribution in [3.63, 3.8) is 0 Å². The smallest absolute Gasteiger partial charge is 0.338 e. The fourth-order valence-electron chi connectivity index (χ4n) is 2.69. The van der Waals surface area contributed by atoms with Gasteiger partial charge in [-0.05, 0) is 48.4 Å². The second-order valence-corrected chi connectivity index (χ2v) is 6.37. The van der Waals surface area contributed by atoms with Crippen LogP contribution in [0.1, 0.15) is 28.4 Å². The highest BCUT2D eigenvalue weighted by atomic mass is 16.6. The summed E-state index contributed by atoms with van der Waals surface area (Å²) in [6.07, 6.45) is 0. The average Bonchev–Trinajstić information content (AvgIpc) is 2.77. The molecule has 0 aromatic heterocycles. The van der Waals surface area contributed by atoms with Gasteiger partial charge in [0, 0.05) is 12.1 Å². The summed E-state index contributed by atoms with van der Waals surface area (Å²) in [7, 11) is 0. The lowest BCUT2D eigenvalue weighted by Crippen LogP contribution is -2.06. The molecular weight excluding hydrogens is 386 g/mol. The number of non-ortho nitro benzene ring substituents is 1. The van der Waals surface area contributed by atoms with Gasteiger partial charge in [-0.3, -0.25) is 10.1 Å². The monoisotopic (exact) mass is 407 g/mol. The largest absolute Gasteiger partial charge is 0.485 e. The molecule has 3 rings (SSSR count). The molecule has 154 valence electrons. The Hall–Kier alpha value is -3.87. The van der Waals surface area contributed by atoms with E-state index in [9.17, 15) is 14.9 Å². The van der Waals surface area contributed by atoms with Crippen LogP contribution in [0.5, 0.6) is 11.5 Å². The van der Waals surface area contributed by atoms with Gasteiger partial charge in [-0.15, -0.1) is 0 Å². The first-order valence-corrected chi connectivity index (χ1v) is 9.41. The van der Waals surface area contributed by atoms with Crippen molar-refractivity contribution in [1.29, 1.82) is 0 Å². The Morgan fingerprint density at radius 3 is 2.13 bits per heavy atom. The van der Waals surface area contributed by atoms with Crippen molar-refractivity contribution in [2.24, 2.45) is 0 Å². The van der Waals surface area contributed by atoms with Crippen molar-refractivity contribution in [3.8, 4) is 11.5 Å². The Labute approximate surface area is 174 Å². The van der Waals surface area contributed by atoms with Crippen LogP contribution in [-0.4, -0.2) is 17.5 Å². The zero-order valence-corrected chi connectivity index (χ0v) is 16.4. The van der Waals surface area contributed by atoms with Gasteiger partial charge in [0.2, 0.25) is 0 Å². The van der Waals surface area contributed by atoms with E-state index < -0.39 is 10.9 Å². The molecule has 0 heterocycles. The second-order valence-electron chi connectivity index (χ2n) is 6.37. The Morgan fingerprint density at radius 2 is 1.50 bits per heavy atom. The van der Waals surface area contributed by atoms with Gasteiger partial charge in [0.1, 0.15) is 13.2 Å². The van der Waals surface area contributed by atoms with E-state index >= 15 is 0 Å². The lowest BCUT2D eigenvalue weighted by molar-refractivity contribution is -0.384. The molecule has 0 radical (unpaired) electrons. The van der Waals surface area contributed by atoms with Crippen LogP contribution in [0.15, 0.2) is 72.8 Å². The minimum absolute atomic E-state index is 0.00921. The predicted octanol–water partition coefficient (Wildman–Crippen LogP) is 4.93. The number of hydrogen-bond acceptors (Lipinski definition) is 6. The van der Waals surface area contributed by atoms with Gasteiger partial charge < -0.3 is 14.2 Å². The first-order valence-electron chi connectivity index (χ1n) is 9.41. The number of esters is 1. The normalized spacial score (nSPS) is 10.3. The predicted molar refractivity (Wildman–Crippen MR) is 111 cm³/mol. The van der Waals surface area contributed by atoms with Crippen molar-refractivity contribution in [3.05, 3.63) is 99.6 Å². The summed E-state index contributed by atoms with van der Waals surface area (Å²) in [6.45, 7) is 2.50. The summed E-state index contributed by atoms with van der Waals surface area (Å²) in [6, 6.07) is 20.6. The van der Waals surface area contributed by atoms with Crippen molar-refractivity contribution in [1.82, 2.24) is 0 Å². The molecule has 0 aliphatic heterocycles. The first kappa shape index (κ1) is 20.9. The molecule has 0 bridgehead atoms. The van der Waals surface area contributed by atoms with Crippen LogP contribution in [0.3, 0.4) is 0 Å². The highest BCUT2D eigenvalue weighted by molar-refractivity contribution is 5.90. The number of nitro benzene ring substituents is 1. The van der Waals surface area contributed by atoms with E-state index in [0.29, 0.717) is 23.7 Å². The molecule has 7 heteroatoms. The number of nitrogens with zero attached hydrogens (tertiary/aromatic N) is 1. The van der Waals surface area contributed by atoms with E-state index in [0.717, 1.165) is 11.1 Å². The Morgan fingerprint density at radius 1 is 0.867 bits per heavy atom. The third-order valence-electron chi connectivity index (χ3n) is 4.23. The van der Waals surface area contributed by atoms with Crippen LogP contribution in [0.4, 0.5) is 5.69 Å². The molecule has 0 atom stereocenters. The fraction of sp³-hybridized carbons (Fsp3) is 0.174. The third-order valence-corrected chi connectivity index (χ3v) is 4.23. The molecular formula is C23H21NO6. The van der Waals surface area contributed by atoms with E-state index in [4.69, 9.17) is 14.2 Å². The van der Waals surface area contributed by atoms with E-state index in [1.165, 1.54) is 12.1 Å². The second kappa shape index (κ2) is 10.1. The summed E-state index contributed by atoms with van der Waals surface area (Å²) in [5.41, 5.74) is 2.10. The standard InChI is InChI=1S/C23H21NO6/c1-2-28-23(25)19-10-13-21(29-15-17-6-4-3-5-7-17)22(14-19)30-16-18-8-11-20(12-9-18)24(26)27/h3-14H,2,15-16H2,1H3. The molecule has 0 saturated carbocycles. The quantitative estimate of drug-likeness (QED) is 0.284. The lowest BCUT2D eigenvalue weighted by Gasteiger charge is -2.14. The number of rotatable bonds is 9. The van der Waals surface area contributed by atoms with Crippen LogP contribution >= 0.6 is 0 Å². The van der Waals surface area contributed by atoms with Crippen LogP contribution in [-0.2, 0) is 18.0 Å². The van der Waals surface area contributed by atoms with Crippen molar-refractivity contribution in [2.75, 3.05) is 6.61 Å². The van der Waals surface area contributed by atoms with Gasteiger partial charge in [-0.2, -0.15) is 0 Å². The third kappa shape index (κ3) is 5.57. The van der Waals surface area contributed by atoms with Gasteiger partial charge >= 0.3 is 5.97 Å². The SMILES string of the molecule is CCOC(=O)c1ccc(OCc2ccccc2)c(OCc2ccc([N+](=O)[O-])cc2)c1. The number of carbonyl (C=O) groups excluding carboxylic acids is 1. The lowest BCUT2D eigenvalue weighted by atomic mass is 10.2. The van der Waals surface area contributed by atoms with Crippen LogP contribution in [0.25, 0.3) is 0 Å². The van der Waals surface area contributed by atoms with Crippen molar-refractivity contribution < 1.29 is 23.9 Å². The summed E-state index contributed by atoms with van der Waals surface area (Å²) in [4.78, 5) is 22.4. The molecule has 0 saturated heterocycles. The summed E-state index contributed by atoms with van der Waals surface area (Å²) < 4.78 is 16.8. The van der Waals surface area contributed by atoms with E-state index in [2.05, 4.69) is 0 Å². The molecule has 0 spiro atoms. The molecule has 0 unspecified atom stereocenters. The van der Waals surface area contributed by atoms with E-state index in [1.54, 1.807) is 37.3 Å². The number of hydrogen-bond donors (Lipinski definition) is 0. The number of nitro groups is 1. The molecule has 0 aliphatic rings. The summed E-state index contributed by atoms with van der Waals surface area (Å²) in [5.74, 6) is 0.413. The maximum absolute atomic E-state index is 12.1. The van der Waals surface area contributed by atoms with Crippen molar-refractivity contribution >= 4 is 11.7 Å². The minimum atomic E-state index is -0.455. The Kier molecular flexibility index (Phi) is 7.00. The van der Waals surface area contributed by atoms with Gasteiger partial charge in [0.05, 0.1) is 17.1 Å². The zero-order chi connectivity index (χ0) is 21.3. The Balaban J connectivity index is 1.77. The summed E-state index contributed by atoms with van der Waals surface area (Å²) >= 11 is 0. The molecule has 0 N–H and O–H groups in total. The highest BCUT2D eigenvalue weighted by Crippen LogP contribution is 2.30. The molecule has 0 fully saturated rings. The molecule has 7 nitrogen and oxygen atoms in total. The minimum Gasteiger partial charge on any atom is -0.485 e. The fourth-order valence-corrected chi connectivity index (χ4v) is 2.69. The molecule has 0 aliphatic carbocycles. The Bertz CT molecular complexity index is 1000. The summed E-state index contributed by atoms with van der Waals surface area (Å²) in [5, 5.41) is 10.8. The van der Waals surface area contributed by atoms with Crippen LogP contribution in [0.2, 0.25) is 0 Å². The number of ether oxygens (including phenoxy) is 3. The van der Waals surface area contributed by atoms with Gasteiger partial charge in [0.25, 0.3) is 5.69 Å². The van der Waals surface area contributed by atoms with Crippen LogP contribution < -0.4 is 9.47 Å². The van der Waals surface area contributed by atoms with Crippen molar-refractivity contribution in [2.45, 2.75) is 20.1 Å². The molecule has 3 aromatic carbocycles. The number of carbonyl (C=O) groups is 1. The van der Waals surface area contributed by atoms with E-state index in [-0.39, 0.29) is 18.9 Å². The topological polar surface area (TPSA) is 87.9 Å². The van der Waals surface area contributed by atoms with Crippen LogP contribution in [0, 0.1) is 10.1 Å². The average molecular weight is 407 g/mol. The first-order chi connectivity index (χ1) is 14.6. The molecule has 3 aromatic rings. The van der Waals surface area contributed by atoms with Gasteiger partial charge in [0.15, 0.2) is 11.5 Å². The van der Waals surface area contributed by atoms with E-state index in [1.807, 2.05) is 30.3 Å².